The second-order valence-corrected chi connectivity index (χ2v) is 7.06. The summed E-state index contributed by atoms with van der Waals surface area (Å²) in [7, 11) is 0. The first-order chi connectivity index (χ1) is 12.6. The number of carbonyl (C=O) groups excluding carboxylic acids is 1. The van der Waals surface area contributed by atoms with Crippen LogP contribution < -0.4 is 0 Å². The van der Waals surface area contributed by atoms with Crippen LogP contribution in [0.4, 0.5) is 0 Å². The number of fused-ring (bicyclic) bond motifs is 1. The van der Waals surface area contributed by atoms with Gasteiger partial charge >= 0.3 is 5.97 Å². The lowest BCUT2D eigenvalue weighted by Crippen LogP contribution is -2.45. The van der Waals surface area contributed by atoms with Crippen molar-refractivity contribution in [1.29, 1.82) is 0 Å². The Morgan fingerprint density at radius 2 is 2.12 bits per heavy atom. The van der Waals surface area contributed by atoms with Crippen molar-refractivity contribution in [2.75, 3.05) is 26.3 Å². The summed E-state index contributed by atoms with van der Waals surface area (Å²) in [4.78, 5) is 26.2. The maximum atomic E-state index is 12.7. The fraction of sp³-hybridized carbons (Fsp3) is 0.421. The Balaban J connectivity index is 1.46. The Kier molecular flexibility index (Phi) is 4.24. The standard InChI is InChI=1S/C19H21N3O4/c23-17(8-14-9-20-22(10-14)16-4-2-1-3-5-16)21-11-15-12-26-7-6-19(15,13-21)18(24)25/h1-5,9-10,15H,6-8,11-13H2,(H,24,25)/t15-,19+/m0/s1. The highest BCUT2D eigenvalue weighted by Crippen LogP contribution is 2.42. The molecule has 3 heterocycles. The Bertz CT molecular complexity index is 819. The molecule has 1 aromatic heterocycles. The second-order valence-electron chi connectivity index (χ2n) is 7.06. The van der Waals surface area contributed by atoms with Crippen LogP contribution in [0, 0.1) is 11.3 Å². The molecule has 0 aliphatic carbocycles. The van der Waals surface area contributed by atoms with Gasteiger partial charge < -0.3 is 14.7 Å². The van der Waals surface area contributed by atoms with E-state index in [1.807, 2.05) is 36.5 Å². The highest BCUT2D eigenvalue weighted by molar-refractivity contribution is 5.82. The number of aromatic nitrogens is 2. The van der Waals surface area contributed by atoms with Crippen LogP contribution in [0.5, 0.6) is 0 Å². The van der Waals surface area contributed by atoms with E-state index in [4.69, 9.17) is 4.74 Å². The minimum Gasteiger partial charge on any atom is -0.481 e. The Morgan fingerprint density at radius 1 is 1.31 bits per heavy atom. The molecule has 0 saturated carbocycles. The van der Waals surface area contributed by atoms with Crippen LogP contribution in [-0.4, -0.2) is 58.0 Å². The van der Waals surface area contributed by atoms with Crippen molar-refractivity contribution in [3.05, 3.63) is 48.3 Å². The maximum absolute atomic E-state index is 12.7. The van der Waals surface area contributed by atoms with Gasteiger partial charge in [0, 0.05) is 31.8 Å². The molecule has 7 nitrogen and oxygen atoms in total. The zero-order valence-corrected chi connectivity index (χ0v) is 14.4. The van der Waals surface area contributed by atoms with Crippen LogP contribution in [0.1, 0.15) is 12.0 Å². The molecule has 26 heavy (non-hydrogen) atoms. The summed E-state index contributed by atoms with van der Waals surface area (Å²) in [5, 5.41) is 14.0. The number of amides is 1. The molecule has 4 rings (SSSR count). The number of carbonyl (C=O) groups is 2. The maximum Gasteiger partial charge on any atom is 0.311 e. The van der Waals surface area contributed by atoms with Crippen LogP contribution >= 0.6 is 0 Å². The van der Waals surface area contributed by atoms with Gasteiger partial charge in [-0.15, -0.1) is 0 Å². The molecule has 0 spiro atoms. The average molecular weight is 355 g/mol. The van der Waals surface area contributed by atoms with E-state index in [9.17, 15) is 14.7 Å². The smallest absolute Gasteiger partial charge is 0.311 e. The van der Waals surface area contributed by atoms with Crippen molar-refractivity contribution in [3.8, 4) is 5.69 Å². The second kappa shape index (κ2) is 6.57. The first-order valence-electron chi connectivity index (χ1n) is 8.76. The van der Waals surface area contributed by atoms with Crippen LogP contribution in [0.2, 0.25) is 0 Å². The zero-order chi connectivity index (χ0) is 18.1. The molecule has 2 aliphatic rings. The Hall–Kier alpha value is -2.67. The number of aliphatic carboxylic acids is 1. The van der Waals surface area contributed by atoms with Crippen molar-refractivity contribution >= 4 is 11.9 Å². The van der Waals surface area contributed by atoms with Gasteiger partial charge in [0.2, 0.25) is 5.91 Å². The van der Waals surface area contributed by atoms with E-state index in [0.717, 1.165) is 11.3 Å². The number of nitrogens with zero attached hydrogens (tertiary/aromatic N) is 3. The monoisotopic (exact) mass is 355 g/mol. The lowest BCUT2D eigenvalue weighted by molar-refractivity contribution is -0.157. The number of rotatable bonds is 4. The molecular weight excluding hydrogens is 334 g/mol. The molecule has 2 saturated heterocycles. The van der Waals surface area contributed by atoms with Crippen LogP contribution in [0.3, 0.4) is 0 Å². The molecule has 2 aromatic rings. The van der Waals surface area contributed by atoms with Crippen LogP contribution in [-0.2, 0) is 20.7 Å². The SMILES string of the molecule is O=C(Cc1cnn(-c2ccccc2)c1)N1C[C@H]2COCC[C@@]2(C(=O)O)C1. The number of para-hydroxylation sites is 1. The number of hydrogen-bond donors (Lipinski definition) is 1. The molecule has 1 aromatic carbocycles. The van der Waals surface area contributed by atoms with E-state index in [0.29, 0.717) is 26.2 Å². The van der Waals surface area contributed by atoms with Crippen molar-refractivity contribution in [2.45, 2.75) is 12.8 Å². The van der Waals surface area contributed by atoms with E-state index in [1.165, 1.54) is 0 Å². The third-order valence-corrected chi connectivity index (χ3v) is 5.50. The number of benzene rings is 1. The van der Waals surface area contributed by atoms with Gasteiger partial charge in [-0.3, -0.25) is 9.59 Å². The van der Waals surface area contributed by atoms with Crippen molar-refractivity contribution in [1.82, 2.24) is 14.7 Å². The van der Waals surface area contributed by atoms with E-state index in [1.54, 1.807) is 15.8 Å². The molecule has 0 bridgehead atoms. The van der Waals surface area contributed by atoms with Crippen LogP contribution in [0.25, 0.3) is 5.69 Å². The molecule has 1 amide bonds. The minimum absolute atomic E-state index is 0.0624. The zero-order valence-electron chi connectivity index (χ0n) is 14.4. The summed E-state index contributed by atoms with van der Waals surface area (Å²) in [6, 6.07) is 9.69. The minimum atomic E-state index is -0.859. The Labute approximate surface area is 151 Å². The molecule has 1 N–H and O–H groups in total. The third kappa shape index (κ3) is 2.88. The first-order valence-corrected chi connectivity index (χ1v) is 8.76. The lowest BCUT2D eigenvalue weighted by Gasteiger charge is -2.33. The summed E-state index contributed by atoms with van der Waals surface area (Å²) < 4.78 is 7.18. The quantitative estimate of drug-likeness (QED) is 0.895. The van der Waals surface area contributed by atoms with Crippen LogP contribution in [0.15, 0.2) is 42.7 Å². The van der Waals surface area contributed by atoms with Gasteiger partial charge in [0.15, 0.2) is 0 Å². The molecule has 2 aliphatic heterocycles. The number of ether oxygens (including phenoxy) is 1. The average Bonchev–Trinajstić information content (AvgIpc) is 3.27. The Morgan fingerprint density at radius 3 is 2.85 bits per heavy atom. The van der Waals surface area contributed by atoms with Crippen molar-refractivity contribution < 1.29 is 19.4 Å². The largest absolute Gasteiger partial charge is 0.481 e. The molecule has 2 fully saturated rings. The van der Waals surface area contributed by atoms with Crippen molar-refractivity contribution in [3.63, 3.8) is 0 Å². The summed E-state index contributed by atoms with van der Waals surface area (Å²) in [5.74, 6) is -1.02. The third-order valence-electron chi connectivity index (χ3n) is 5.50. The molecular formula is C19H21N3O4. The number of carboxylic acids is 1. The number of hydrogen-bond acceptors (Lipinski definition) is 4. The number of carboxylic acid groups (broad SMARTS) is 1. The lowest BCUT2D eigenvalue weighted by atomic mass is 9.74. The molecule has 7 heteroatoms. The topological polar surface area (TPSA) is 84.7 Å². The highest BCUT2D eigenvalue weighted by Gasteiger charge is 2.54. The molecule has 0 radical (unpaired) electrons. The summed E-state index contributed by atoms with van der Waals surface area (Å²) >= 11 is 0. The van der Waals surface area contributed by atoms with E-state index >= 15 is 0 Å². The molecule has 0 unspecified atom stereocenters. The van der Waals surface area contributed by atoms with E-state index in [2.05, 4.69) is 5.10 Å². The fourth-order valence-electron chi connectivity index (χ4n) is 3.95. The van der Waals surface area contributed by atoms with Gasteiger partial charge in [0.25, 0.3) is 0 Å². The number of likely N-dealkylation sites (tertiary alicyclic amines) is 1. The fourth-order valence-corrected chi connectivity index (χ4v) is 3.95. The van der Waals surface area contributed by atoms with E-state index in [-0.39, 0.29) is 24.8 Å². The summed E-state index contributed by atoms with van der Waals surface area (Å²) in [6.45, 7) is 1.55. The predicted octanol–water partition coefficient (Wildman–Crippen LogP) is 1.36. The van der Waals surface area contributed by atoms with Gasteiger partial charge in [-0.25, -0.2) is 4.68 Å². The van der Waals surface area contributed by atoms with E-state index < -0.39 is 11.4 Å². The van der Waals surface area contributed by atoms with Gasteiger partial charge in [-0.1, -0.05) is 18.2 Å². The molecule has 2 atom stereocenters. The normalized spacial score (nSPS) is 25.1. The first kappa shape index (κ1) is 16.8. The van der Waals surface area contributed by atoms with Crippen molar-refractivity contribution in [2.24, 2.45) is 11.3 Å². The molecule has 136 valence electrons. The summed E-state index contributed by atoms with van der Waals surface area (Å²) in [5.41, 5.74) is 0.886. The van der Waals surface area contributed by atoms with Gasteiger partial charge in [0.1, 0.15) is 0 Å². The highest BCUT2D eigenvalue weighted by atomic mass is 16.5. The van der Waals surface area contributed by atoms with Gasteiger partial charge in [-0.05, 0) is 24.1 Å². The van der Waals surface area contributed by atoms with Gasteiger partial charge in [-0.2, -0.15) is 5.10 Å². The summed E-state index contributed by atoms with van der Waals surface area (Å²) in [6.07, 6.45) is 4.20. The van der Waals surface area contributed by atoms with Gasteiger partial charge in [0.05, 0.1) is 30.3 Å². The predicted molar refractivity (Wildman–Crippen MR) is 92.8 cm³/mol.